The van der Waals surface area contributed by atoms with Crippen LogP contribution in [-0.4, -0.2) is 69.5 Å². The summed E-state index contributed by atoms with van der Waals surface area (Å²) in [6.45, 7) is 2.75. The number of anilines is 1. The number of hydrogen-bond acceptors (Lipinski definition) is 6. The zero-order chi connectivity index (χ0) is 26.1. The summed E-state index contributed by atoms with van der Waals surface area (Å²) in [7, 11) is 0. The molecule has 1 aliphatic rings. The van der Waals surface area contributed by atoms with Gasteiger partial charge in [-0.05, 0) is 31.2 Å². The second-order valence-corrected chi connectivity index (χ2v) is 9.79. The lowest BCUT2D eigenvalue weighted by molar-refractivity contribution is -0.127. The predicted octanol–water partition coefficient (Wildman–Crippen LogP) is 3.49. The first-order valence-corrected chi connectivity index (χ1v) is 12.4. The number of amides is 3. The van der Waals surface area contributed by atoms with E-state index in [1.54, 1.807) is 35.4 Å². The van der Waals surface area contributed by atoms with Crippen molar-refractivity contribution >= 4 is 50.9 Å². The second-order valence-electron chi connectivity index (χ2n) is 8.56. The number of H-pyrrole nitrogens is 1. The van der Waals surface area contributed by atoms with Crippen LogP contribution in [0.3, 0.4) is 0 Å². The minimum Gasteiger partial charge on any atom is -0.360 e. The molecule has 2 aromatic carbocycles. The summed E-state index contributed by atoms with van der Waals surface area (Å²) in [4.78, 5) is 62.4. The summed E-state index contributed by atoms with van der Waals surface area (Å²) in [5.74, 6) is -3.07. The fraction of sp³-hybridized carbons (Fsp3) is 0.192. The number of thiazole rings is 1. The van der Waals surface area contributed by atoms with Gasteiger partial charge < -0.3 is 14.8 Å². The number of halogens is 1. The number of aryl methyl sites for hydroxylation is 1. The Bertz CT molecular complexity index is 1520. The summed E-state index contributed by atoms with van der Waals surface area (Å²) in [5.41, 5.74) is 0.626. The molecule has 5 rings (SSSR count). The number of aromatic amines is 1. The summed E-state index contributed by atoms with van der Waals surface area (Å²) in [5, 5.41) is 2.93. The molecule has 4 aromatic rings. The van der Waals surface area contributed by atoms with E-state index in [9.17, 15) is 23.6 Å². The number of hydrogen-bond donors (Lipinski definition) is 2. The Kier molecular flexibility index (Phi) is 6.53. The Morgan fingerprint density at radius 2 is 1.68 bits per heavy atom. The largest absolute Gasteiger partial charge is 0.360 e. The van der Waals surface area contributed by atoms with Crippen molar-refractivity contribution in [2.75, 3.05) is 31.5 Å². The van der Waals surface area contributed by atoms with Crippen LogP contribution in [-0.2, 0) is 4.79 Å². The molecule has 37 heavy (non-hydrogen) atoms. The summed E-state index contributed by atoms with van der Waals surface area (Å²) in [6.07, 6.45) is 2.86. The molecule has 2 N–H and O–H groups in total. The average Bonchev–Trinajstić information content (AvgIpc) is 3.55. The maximum Gasteiger partial charge on any atom is 0.295 e. The fourth-order valence-electron chi connectivity index (χ4n) is 4.29. The van der Waals surface area contributed by atoms with Crippen LogP contribution in [0.15, 0.2) is 54.9 Å². The van der Waals surface area contributed by atoms with Crippen LogP contribution in [0.25, 0.3) is 10.9 Å². The number of nitrogens with one attached hydrogen (secondary N) is 2. The standard InChI is InChI=1S/C26H22FN5O4S/c1-15-13-29-26(37-15)30-23(34)17-7-8-19(27)20-18(14-28-21(17)20)22(33)25(36)32-11-9-31(10-12-32)24(35)16-5-3-2-4-6-16/h2-8,13-14,28H,9-12H2,1H3,(H,29,30,34). The molecule has 1 aliphatic heterocycles. The van der Waals surface area contributed by atoms with Crippen LogP contribution >= 0.6 is 11.3 Å². The normalized spacial score (nSPS) is 13.6. The quantitative estimate of drug-likeness (QED) is 0.309. The number of aromatic nitrogens is 2. The summed E-state index contributed by atoms with van der Waals surface area (Å²) < 4.78 is 14.8. The molecule has 3 heterocycles. The third kappa shape index (κ3) is 4.73. The molecule has 0 aliphatic carbocycles. The van der Waals surface area contributed by atoms with Crippen LogP contribution in [0.4, 0.5) is 9.52 Å². The van der Waals surface area contributed by atoms with Crippen molar-refractivity contribution in [1.82, 2.24) is 19.8 Å². The lowest BCUT2D eigenvalue weighted by atomic mass is 10.0. The molecule has 0 saturated carbocycles. The van der Waals surface area contributed by atoms with Crippen molar-refractivity contribution in [3.63, 3.8) is 0 Å². The minimum absolute atomic E-state index is 0.111. The average molecular weight is 520 g/mol. The number of nitrogens with zero attached hydrogens (tertiary/aromatic N) is 3. The number of carbonyl (C=O) groups is 4. The van der Waals surface area contributed by atoms with Gasteiger partial charge in [0.15, 0.2) is 5.13 Å². The number of fused-ring (bicyclic) bond motifs is 1. The lowest BCUT2D eigenvalue weighted by Gasteiger charge is -2.34. The van der Waals surface area contributed by atoms with Crippen molar-refractivity contribution in [2.24, 2.45) is 0 Å². The Labute approximate surface area is 214 Å². The van der Waals surface area contributed by atoms with Crippen molar-refractivity contribution in [3.8, 4) is 0 Å². The number of carbonyl (C=O) groups excluding carboxylic acids is 4. The molecule has 0 radical (unpaired) electrons. The molecule has 1 fully saturated rings. The first-order valence-electron chi connectivity index (χ1n) is 11.5. The van der Waals surface area contributed by atoms with Crippen LogP contribution < -0.4 is 5.32 Å². The highest BCUT2D eigenvalue weighted by Gasteiger charge is 2.31. The molecule has 0 bridgehead atoms. The van der Waals surface area contributed by atoms with Crippen molar-refractivity contribution < 1.29 is 23.6 Å². The van der Waals surface area contributed by atoms with Crippen LogP contribution in [0.5, 0.6) is 0 Å². The molecule has 9 nitrogen and oxygen atoms in total. The van der Waals surface area contributed by atoms with E-state index in [1.165, 1.54) is 28.5 Å². The first-order chi connectivity index (χ1) is 17.8. The Hall–Kier alpha value is -4.38. The van der Waals surface area contributed by atoms with Crippen molar-refractivity contribution in [1.29, 1.82) is 0 Å². The van der Waals surface area contributed by atoms with E-state index in [-0.39, 0.29) is 54.1 Å². The van der Waals surface area contributed by atoms with Gasteiger partial charge in [-0.3, -0.25) is 24.5 Å². The van der Waals surface area contributed by atoms with Crippen LogP contribution in [0.1, 0.15) is 36.0 Å². The summed E-state index contributed by atoms with van der Waals surface area (Å²) in [6, 6.07) is 11.2. The van der Waals surface area contributed by atoms with Crippen molar-refractivity contribution in [2.45, 2.75) is 6.92 Å². The molecule has 3 amide bonds. The number of ketones is 1. The molecule has 2 aromatic heterocycles. The smallest absolute Gasteiger partial charge is 0.295 e. The zero-order valence-electron chi connectivity index (χ0n) is 19.8. The molecule has 0 spiro atoms. The Morgan fingerprint density at radius 3 is 2.35 bits per heavy atom. The molecule has 11 heteroatoms. The SMILES string of the molecule is Cc1cnc(NC(=O)c2ccc(F)c3c(C(=O)C(=O)N4CCN(C(=O)c5ccccc5)CC4)c[nH]c23)s1. The van der Waals surface area contributed by atoms with Crippen LogP contribution in [0.2, 0.25) is 0 Å². The number of Topliss-reactive ketones (excluding diaryl/α,β-unsaturated/α-hetero) is 1. The number of piperazine rings is 1. The highest BCUT2D eigenvalue weighted by atomic mass is 32.1. The van der Waals surface area contributed by atoms with Gasteiger partial charge in [0.2, 0.25) is 0 Å². The van der Waals surface area contributed by atoms with Gasteiger partial charge in [0.25, 0.3) is 23.5 Å². The van der Waals surface area contributed by atoms with E-state index in [4.69, 9.17) is 0 Å². The predicted molar refractivity (Wildman–Crippen MR) is 136 cm³/mol. The maximum absolute atomic E-state index is 14.8. The fourth-order valence-corrected chi connectivity index (χ4v) is 4.95. The molecule has 0 unspecified atom stereocenters. The second kappa shape index (κ2) is 9.94. The Balaban J connectivity index is 1.32. The van der Waals surface area contributed by atoms with Gasteiger partial charge in [-0.15, -0.1) is 11.3 Å². The van der Waals surface area contributed by atoms with Gasteiger partial charge in [0, 0.05) is 54.4 Å². The van der Waals surface area contributed by atoms with E-state index in [0.29, 0.717) is 10.7 Å². The van der Waals surface area contributed by atoms with E-state index in [2.05, 4.69) is 15.3 Å². The van der Waals surface area contributed by atoms with E-state index in [1.807, 2.05) is 13.0 Å². The third-order valence-corrected chi connectivity index (χ3v) is 7.01. The monoisotopic (exact) mass is 519 g/mol. The highest BCUT2D eigenvalue weighted by molar-refractivity contribution is 7.15. The first kappa shape index (κ1) is 24.3. The Morgan fingerprint density at radius 1 is 0.973 bits per heavy atom. The van der Waals surface area contributed by atoms with Gasteiger partial charge >= 0.3 is 0 Å². The number of rotatable bonds is 5. The highest BCUT2D eigenvalue weighted by Crippen LogP contribution is 2.27. The minimum atomic E-state index is -0.888. The van der Waals surface area contributed by atoms with E-state index >= 15 is 0 Å². The molecule has 0 atom stereocenters. The van der Waals surface area contributed by atoms with Crippen molar-refractivity contribution in [3.05, 3.63) is 82.2 Å². The van der Waals surface area contributed by atoms with Gasteiger partial charge in [0.1, 0.15) is 5.82 Å². The van der Waals surface area contributed by atoms with Crippen LogP contribution in [0, 0.1) is 12.7 Å². The molecular formula is C26H22FN5O4S. The van der Waals surface area contributed by atoms with Gasteiger partial charge in [-0.25, -0.2) is 9.37 Å². The van der Waals surface area contributed by atoms with E-state index < -0.39 is 23.4 Å². The molecular weight excluding hydrogens is 497 g/mol. The van der Waals surface area contributed by atoms with Gasteiger partial charge in [-0.1, -0.05) is 18.2 Å². The summed E-state index contributed by atoms with van der Waals surface area (Å²) >= 11 is 1.29. The maximum atomic E-state index is 14.8. The third-order valence-electron chi connectivity index (χ3n) is 6.18. The zero-order valence-corrected chi connectivity index (χ0v) is 20.6. The molecule has 188 valence electrons. The van der Waals surface area contributed by atoms with Gasteiger partial charge in [0.05, 0.1) is 16.6 Å². The molecule has 1 saturated heterocycles. The van der Waals surface area contributed by atoms with Gasteiger partial charge in [-0.2, -0.15) is 0 Å². The lowest BCUT2D eigenvalue weighted by Crippen LogP contribution is -2.52. The topological polar surface area (TPSA) is 115 Å². The number of benzene rings is 2. The van der Waals surface area contributed by atoms with E-state index in [0.717, 1.165) is 10.9 Å².